The molecule has 9 heteroatoms. The van der Waals surface area contributed by atoms with Crippen LogP contribution in [-0.4, -0.2) is 34.2 Å². The van der Waals surface area contributed by atoms with Gasteiger partial charge in [0.05, 0.1) is 17.7 Å². The molecule has 0 atom stereocenters. The fourth-order valence-corrected chi connectivity index (χ4v) is 3.03. The Morgan fingerprint density at radius 1 is 1.15 bits per heavy atom. The second-order valence-corrected chi connectivity index (χ2v) is 6.38. The van der Waals surface area contributed by atoms with Gasteiger partial charge in [0.25, 0.3) is 0 Å². The van der Waals surface area contributed by atoms with Gasteiger partial charge in [0.1, 0.15) is 5.82 Å². The highest BCUT2D eigenvalue weighted by atomic mass is 19.4. The fourth-order valence-electron chi connectivity index (χ4n) is 3.03. The van der Waals surface area contributed by atoms with Crippen LogP contribution in [-0.2, 0) is 17.4 Å². The molecular formula is C18H19F3N4O2. The van der Waals surface area contributed by atoms with Crippen LogP contribution in [0.3, 0.4) is 0 Å². The van der Waals surface area contributed by atoms with Gasteiger partial charge < -0.3 is 4.90 Å². The molecule has 0 bridgehead atoms. The van der Waals surface area contributed by atoms with Crippen molar-refractivity contribution in [2.75, 3.05) is 18.0 Å². The zero-order valence-corrected chi connectivity index (χ0v) is 14.5. The molecule has 1 amide bonds. The van der Waals surface area contributed by atoms with E-state index in [9.17, 15) is 18.0 Å². The third-order valence-electron chi connectivity index (χ3n) is 4.36. The predicted molar refractivity (Wildman–Crippen MR) is 92.2 cm³/mol. The Labute approximate surface area is 154 Å². The maximum atomic E-state index is 13.0. The number of benzene rings is 1. The largest absolute Gasteiger partial charge is 0.416 e. The molecule has 3 rings (SSSR count). The molecule has 2 N–H and O–H groups in total. The predicted octanol–water partition coefficient (Wildman–Crippen LogP) is 3.20. The third-order valence-corrected chi connectivity index (χ3v) is 4.36. The minimum Gasteiger partial charge on any atom is -0.356 e. The highest BCUT2D eigenvalue weighted by molar-refractivity contribution is 5.77. The van der Waals surface area contributed by atoms with Crippen molar-refractivity contribution in [2.45, 2.75) is 31.9 Å². The molecule has 0 aliphatic carbocycles. The normalized spacial score (nSPS) is 14.9. The van der Waals surface area contributed by atoms with Crippen molar-refractivity contribution in [3.05, 3.63) is 41.6 Å². The van der Waals surface area contributed by atoms with Gasteiger partial charge in [-0.1, -0.05) is 12.1 Å². The summed E-state index contributed by atoms with van der Waals surface area (Å²) in [6, 6.07) is 6.41. The van der Waals surface area contributed by atoms with Crippen LogP contribution in [0.5, 0.6) is 0 Å². The van der Waals surface area contributed by atoms with Gasteiger partial charge in [0.2, 0.25) is 5.91 Å². The van der Waals surface area contributed by atoms with E-state index in [4.69, 9.17) is 5.21 Å². The lowest BCUT2D eigenvalue weighted by Crippen LogP contribution is -2.30. The average molecular weight is 380 g/mol. The first-order chi connectivity index (χ1) is 12.9. The van der Waals surface area contributed by atoms with E-state index in [0.717, 1.165) is 44.5 Å². The molecule has 0 saturated carbocycles. The van der Waals surface area contributed by atoms with E-state index in [-0.39, 0.29) is 17.8 Å². The zero-order chi connectivity index (χ0) is 19.4. The van der Waals surface area contributed by atoms with Crippen LogP contribution in [0.15, 0.2) is 30.3 Å². The minimum absolute atomic E-state index is 0.116. The van der Waals surface area contributed by atoms with Gasteiger partial charge in [-0.05, 0) is 31.4 Å². The van der Waals surface area contributed by atoms with E-state index in [1.165, 1.54) is 17.6 Å². The Kier molecular flexibility index (Phi) is 5.59. The first-order valence-corrected chi connectivity index (χ1v) is 8.60. The number of alkyl halides is 3. The van der Waals surface area contributed by atoms with Crippen LogP contribution < -0.4 is 10.4 Å². The van der Waals surface area contributed by atoms with Gasteiger partial charge in [-0.3, -0.25) is 10.0 Å². The summed E-state index contributed by atoms with van der Waals surface area (Å²) in [5, 5.41) is 8.75. The number of halogens is 3. The first-order valence-electron chi connectivity index (χ1n) is 8.60. The molecule has 1 aliphatic rings. The maximum Gasteiger partial charge on any atom is 0.416 e. The maximum absolute atomic E-state index is 13.0. The summed E-state index contributed by atoms with van der Waals surface area (Å²) in [6.45, 7) is 1.56. The van der Waals surface area contributed by atoms with E-state index in [1.54, 1.807) is 6.07 Å². The van der Waals surface area contributed by atoms with Gasteiger partial charge in [-0.15, -0.1) is 0 Å². The first kappa shape index (κ1) is 19.1. The number of hydrogen-bond acceptors (Lipinski definition) is 5. The van der Waals surface area contributed by atoms with Crippen molar-refractivity contribution in [1.82, 2.24) is 15.4 Å². The van der Waals surface area contributed by atoms with E-state index < -0.39 is 17.6 Å². The van der Waals surface area contributed by atoms with E-state index >= 15 is 0 Å². The Bertz CT molecular complexity index is 820. The molecule has 1 fully saturated rings. The van der Waals surface area contributed by atoms with Crippen LogP contribution in [0, 0.1) is 0 Å². The lowest BCUT2D eigenvalue weighted by atomic mass is 10.1. The van der Waals surface area contributed by atoms with Gasteiger partial charge in [0.15, 0.2) is 5.82 Å². The van der Waals surface area contributed by atoms with Crippen molar-refractivity contribution < 1.29 is 23.2 Å². The summed E-state index contributed by atoms with van der Waals surface area (Å²) < 4.78 is 39.1. The summed E-state index contributed by atoms with van der Waals surface area (Å²) in [5.41, 5.74) is 1.29. The molecular weight excluding hydrogens is 361 g/mol. The number of aromatic nitrogens is 2. The van der Waals surface area contributed by atoms with Crippen LogP contribution in [0.1, 0.15) is 30.5 Å². The highest BCUT2D eigenvalue weighted by Gasteiger charge is 2.30. The standard InChI is InChI=1S/C18H19F3N4O2/c19-18(20,21)13-6-4-5-12(9-13)17-22-14(11-16(26)24-27)10-15(23-17)25-7-2-1-3-8-25/h4-6,9-10,27H,1-3,7-8,11H2,(H,24,26). The van der Waals surface area contributed by atoms with Crippen molar-refractivity contribution in [1.29, 1.82) is 0 Å². The topological polar surface area (TPSA) is 78.4 Å². The van der Waals surface area contributed by atoms with Crippen LogP contribution in [0.2, 0.25) is 0 Å². The molecule has 1 aromatic carbocycles. The number of piperidine rings is 1. The lowest BCUT2D eigenvalue weighted by Gasteiger charge is -2.28. The van der Waals surface area contributed by atoms with Gasteiger partial charge >= 0.3 is 6.18 Å². The van der Waals surface area contributed by atoms with Gasteiger partial charge in [0, 0.05) is 24.7 Å². The van der Waals surface area contributed by atoms with E-state index in [0.29, 0.717) is 11.5 Å². The Morgan fingerprint density at radius 2 is 1.89 bits per heavy atom. The number of nitrogens with one attached hydrogen (secondary N) is 1. The second kappa shape index (κ2) is 7.91. The summed E-state index contributed by atoms with van der Waals surface area (Å²) in [4.78, 5) is 22.2. The SMILES string of the molecule is O=C(Cc1cc(N2CCCCC2)nc(-c2cccc(C(F)(F)F)c2)n1)NO. The smallest absolute Gasteiger partial charge is 0.356 e. The fraction of sp³-hybridized carbons (Fsp3) is 0.389. The molecule has 0 unspecified atom stereocenters. The Morgan fingerprint density at radius 3 is 2.56 bits per heavy atom. The summed E-state index contributed by atoms with van der Waals surface area (Å²) in [5.74, 6) is 0.0241. The summed E-state index contributed by atoms with van der Waals surface area (Å²) in [7, 11) is 0. The molecule has 1 aromatic heterocycles. The Hall–Kier alpha value is -2.68. The molecule has 144 valence electrons. The van der Waals surface area contributed by atoms with Crippen LogP contribution in [0.4, 0.5) is 19.0 Å². The molecule has 0 radical (unpaired) electrons. The van der Waals surface area contributed by atoms with Crippen LogP contribution >= 0.6 is 0 Å². The van der Waals surface area contributed by atoms with Gasteiger partial charge in [-0.25, -0.2) is 15.4 Å². The molecule has 2 aromatic rings. The number of carbonyl (C=O) groups excluding carboxylic acids is 1. The summed E-state index contributed by atoms with van der Waals surface area (Å²) >= 11 is 0. The monoisotopic (exact) mass is 380 g/mol. The quantitative estimate of drug-likeness (QED) is 0.629. The van der Waals surface area contributed by atoms with Crippen molar-refractivity contribution in [3.63, 3.8) is 0 Å². The number of nitrogens with zero attached hydrogens (tertiary/aromatic N) is 3. The minimum atomic E-state index is -4.47. The van der Waals surface area contributed by atoms with Crippen LogP contribution in [0.25, 0.3) is 11.4 Å². The van der Waals surface area contributed by atoms with E-state index in [1.807, 2.05) is 4.90 Å². The third kappa shape index (κ3) is 4.73. The molecule has 27 heavy (non-hydrogen) atoms. The van der Waals surface area contributed by atoms with Crippen molar-refractivity contribution in [3.8, 4) is 11.4 Å². The van der Waals surface area contributed by atoms with Gasteiger partial charge in [-0.2, -0.15) is 13.2 Å². The average Bonchev–Trinajstić information content (AvgIpc) is 2.68. The number of rotatable bonds is 4. The number of carbonyl (C=O) groups is 1. The van der Waals surface area contributed by atoms with Crippen molar-refractivity contribution in [2.24, 2.45) is 0 Å². The number of hydroxylamine groups is 1. The number of anilines is 1. The molecule has 1 aliphatic heterocycles. The molecule has 1 saturated heterocycles. The van der Waals surface area contributed by atoms with Crippen molar-refractivity contribution >= 4 is 11.7 Å². The number of amides is 1. The van der Waals surface area contributed by atoms with E-state index in [2.05, 4.69) is 9.97 Å². The number of hydrogen-bond donors (Lipinski definition) is 2. The lowest BCUT2D eigenvalue weighted by molar-refractivity contribution is -0.137. The Balaban J connectivity index is 2.02. The molecule has 0 spiro atoms. The molecule has 2 heterocycles. The summed E-state index contributed by atoms with van der Waals surface area (Å²) in [6.07, 6.45) is -1.57. The molecule has 6 nitrogen and oxygen atoms in total. The highest BCUT2D eigenvalue weighted by Crippen LogP contribution is 2.32. The second-order valence-electron chi connectivity index (χ2n) is 6.38. The zero-order valence-electron chi connectivity index (χ0n) is 14.5.